The predicted octanol–water partition coefficient (Wildman–Crippen LogP) is 3.95. The second kappa shape index (κ2) is 9.15. The Morgan fingerprint density at radius 3 is 2.61 bits per heavy atom. The molecule has 0 unspecified atom stereocenters. The molecule has 0 bridgehead atoms. The van der Waals surface area contributed by atoms with Gasteiger partial charge in [-0.2, -0.15) is 0 Å². The van der Waals surface area contributed by atoms with E-state index in [1.807, 2.05) is 26.0 Å². The summed E-state index contributed by atoms with van der Waals surface area (Å²) in [7, 11) is 0. The molecule has 0 fully saturated rings. The Balaban J connectivity index is 1.47. The number of benzene rings is 2. The van der Waals surface area contributed by atoms with Crippen LogP contribution < -0.4 is 10.9 Å². The van der Waals surface area contributed by atoms with E-state index in [4.69, 9.17) is 11.6 Å². The number of amides is 1. The normalized spacial score (nSPS) is 11.6. The van der Waals surface area contributed by atoms with Gasteiger partial charge in [-0.05, 0) is 41.3 Å². The summed E-state index contributed by atoms with van der Waals surface area (Å²) in [5.41, 5.74) is 0.679. The number of hydrogen-bond acceptors (Lipinski definition) is 4. The molecule has 0 aliphatic rings. The minimum Gasteiger partial charge on any atom is -0.352 e. The highest BCUT2D eigenvalue weighted by Crippen LogP contribution is 2.25. The lowest BCUT2D eigenvalue weighted by Gasteiger charge is -2.23. The third-order valence-electron chi connectivity index (χ3n) is 5.31. The molecule has 2 aromatic carbocycles. The lowest BCUT2D eigenvalue weighted by atomic mass is 9.85. The Morgan fingerprint density at radius 2 is 1.88 bits per heavy atom. The number of hydrogen-bond donors (Lipinski definition) is 1. The molecule has 170 valence electrons. The molecule has 0 saturated heterocycles. The van der Waals surface area contributed by atoms with E-state index in [0.29, 0.717) is 29.5 Å². The topological polar surface area (TPSA) is 81.3 Å². The largest absolute Gasteiger partial charge is 0.352 e. The van der Waals surface area contributed by atoms with E-state index in [-0.39, 0.29) is 18.0 Å². The van der Waals surface area contributed by atoms with E-state index in [2.05, 4.69) is 15.5 Å². The highest BCUT2D eigenvalue weighted by Gasteiger charge is 2.25. The van der Waals surface area contributed by atoms with Gasteiger partial charge in [0.1, 0.15) is 11.6 Å². The number of aromatic nitrogens is 4. The van der Waals surface area contributed by atoms with Crippen LogP contribution in [0.1, 0.15) is 31.7 Å². The molecule has 1 N–H and O–H groups in total. The number of halogens is 2. The Labute approximate surface area is 194 Å². The van der Waals surface area contributed by atoms with Crippen LogP contribution in [0.25, 0.3) is 11.3 Å². The number of nitrogens with one attached hydrogen (secondary N) is 1. The van der Waals surface area contributed by atoms with Gasteiger partial charge in [-0.15, -0.1) is 10.2 Å². The van der Waals surface area contributed by atoms with Crippen LogP contribution in [-0.2, 0) is 17.8 Å². The fourth-order valence-electron chi connectivity index (χ4n) is 3.68. The van der Waals surface area contributed by atoms with Gasteiger partial charge in [0.05, 0.1) is 5.69 Å². The molecule has 33 heavy (non-hydrogen) atoms. The van der Waals surface area contributed by atoms with Gasteiger partial charge in [-0.1, -0.05) is 43.6 Å². The van der Waals surface area contributed by atoms with Gasteiger partial charge in [0.25, 0.3) is 0 Å². The summed E-state index contributed by atoms with van der Waals surface area (Å²) in [4.78, 5) is 25.4. The molecule has 0 atom stereocenters. The Hall–Kier alpha value is -3.52. The number of fused-ring (bicyclic) bond motifs is 1. The maximum absolute atomic E-state index is 13.6. The molecular formula is C24H23ClFN5O2. The minimum absolute atomic E-state index is 0.0859. The smallest absolute Gasteiger partial charge is 0.300 e. The zero-order chi connectivity index (χ0) is 23.6. The van der Waals surface area contributed by atoms with Crippen molar-refractivity contribution in [3.8, 4) is 5.69 Å². The zero-order valence-corrected chi connectivity index (χ0v) is 19.0. The third kappa shape index (κ3) is 5.28. The first kappa shape index (κ1) is 22.7. The Bertz CT molecular complexity index is 1360. The van der Waals surface area contributed by atoms with Crippen molar-refractivity contribution < 1.29 is 9.18 Å². The van der Waals surface area contributed by atoms with E-state index in [1.165, 1.54) is 22.8 Å². The lowest BCUT2D eigenvalue weighted by Crippen LogP contribution is -2.30. The van der Waals surface area contributed by atoms with Gasteiger partial charge in [0.2, 0.25) is 11.6 Å². The summed E-state index contributed by atoms with van der Waals surface area (Å²) in [5, 5.41) is 11.8. The van der Waals surface area contributed by atoms with Crippen LogP contribution >= 0.6 is 11.6 Å². The summed E-state index contributed by atoms with van der Waals surface area (Å²) in [5.74, 6) is 0.0544. The maximum Gasteiger partial charge on any atom is 0.300 e. The molecule has 9 heteroatoms. The van der Waals surface area contributed by atoms with E-state index >= 15 is 0 Å². The number of carbonyl (C=O) groups excluding carboxylic acids is 1. The molecule has 0 radical (unpaired) electrons. The number of nitrogens with zero attached hydrogens (tertiary/aromatic N) is 4. The maximum atomic E-state index is 13.6. The molecule has 0 saturated carbocycles. The van der Waals surface area contributed by atoms with Crippen LogP contribution in [0, 0.1) is 11.2 Å². The highest BCUT2D eigenvalue weighted by molar-refractivity contribution is 6.30. The van der Waals surface area contributed by atoms with Crippen molar-refractivity contribution in [3.63, 3.8) is 0 Å². The van der Waals surface area contributed by atoms with Gasteiger partial charge < -0.3 is 5.32 Å². The van der Waals surface area contributed by atoms with Gasteiger partial charge in [-0.25, -0.2) is 4.39 Å². The molecule has 4 rings (SSSR count). The second-order valence-corrected chi connectivity index (χ2v) is 9.12. The summed E-state index contributed by atoms with van der Waals surface area (Å²) < 4.78 is 16.5. The SMILES string of the molecule is CC(C)(CC(=O)NCc1ccc(Cl)cc1)Cc1nnc2c(=O)n(-c3cccc(F)c3)ccn12. The summed E-state index contributed by atoms with van der Waals surface area (Å²) in [6, 6.07) is 13.1. The van der Waals surface area contributed by atoms with Gasteiger partial charge in [-0.3, -0.25) is 18.6 Å². The monoisotopic (exact) mass is 467 g/mol. The van der Waals surface area contributed by atoms with Gasteiger partial charge in [0.15, 0.2) is 0 Å². The van der Waals surface area contributed by atoms with Crippen LogP contribution in [0.5, 0.6) is 0 Å². The molecule has 7 nitrogen and oxygen atoms in total. The fraction of sp³-hybridized carbons (Fsp3) is 0.250. The van der Waals surface area contributed by atoms with Crippen LogP contribution in [0.15, 0.2) is 65.7 Å². The van der Waals surface area contributed by atoms with Crippen LogP contribution in [0.3, 0.4) is 0 Å². The minimum atomic E-state index is -0.433. The van der Waals surface area contributed by atoms with Crippen molar-refractivity contribution in [1.29, 1.82) is 0 Å². The second-order valence-electron chi connectivity index (χ2n) is 8.68. The number of rotatable bonds is 7. The van der Waals surface area contributed by atoms with E-state index in [1.54, 1.807) is 35.0 Å². The summed E-state index contributed by atoms with van der Waals surface area (Å²) in [6.45, 7) is 4.34. The first-order chi connectivity index (χ1) is 15.7. The van der Waals surface area contributed by atoms with Crippen molar-refractivity contribution in [2.24, 2.45) is 5.41 Å². The van der Waals surface area contributed by atoms with Crippen LogP contribution in [0.2, 0.25) is 5.02 Å². The van der Waals surface area contributed by atoms with Gasteiger partial charge in [0, 0.05) is 36.8 Å². The number of carbonyl (C=O) groups is 1. The summed E-state index contributed by atoms with van der Waals surface area (Å²) in [6.07, 6.45) is 3.94. The van der Waals surface area contributed by atoms with Crippen LogP contribution in [0.4, 0.5) is 4.39 Å². The van der Waals surface area contributed by atoms with Gasteiger partial charge >= 0.3 is 5.56 Å². The summed E-state index contributed by atoms with van der Waals surface area (Å²) >= 11 is 5.89. The Kier molecular flexibility index (Phi) is 6.29. The molecule has 0 aliphatic carbocycles. The lowest BCUT2D eigenvalue weighted by molar-refractivity contribution is -0.123. The van der Waals surface area contributed by atoms with Crippen LogP contribution in [-0.4, -0.2) is 25.1 Å². The average molecular weight is 468 g/mol. The molecule has 2 heterocycles. The first-order valence-electron chi connectivity index (χ1n) is 10.4. The molecule has 2 aromatic heterocycles. The van der Waals surface area contributed by atoms with E-state index in [0.717, 1.165) is 5.56 Å². The average Bonchev–Trinajstić information content (AvgIpc) is 3.16. The van der Waals surface area contributed by atoms with Crippen molar-refractivity contribution in [3.05, 3.63) is 93.5 Å². The predicted molar refractivity (Wildman–Crippen MR) is 124 cm³/mol. The fourth-order valence-corrected chi connectivity index (χ4v) is 3.80. The van der Waals surface area contributed by atoms with E-state index in [9.17, 15) is 14.0 Å². The first-order valence-corrected chi connectivity index (χ1v) is 10.8. The molecule has 1 amide bonds. The molecule has 0 spiro atoms. The standard InChI is InChI=1S/C24H23ClFN5O2/c1-24(2,14-21(32)27-15-16-6-8-17(25)9-7-16)13-20-28-29-22-23(33)30(10-11-31(20)22)19-5-3-4-18(26)12-19/h3-12H,13-15H2,1-2H3,(H,27,32). The zero-order valence-electron chi connectivity index (χ0n) is 18.3. The van der Waals surface area contributed by atoms with Crippen molar-refractivity contribution in [1.82, 2.24) is 24.5 Å². The van der Waals surface area contributed by atoms with Crippen molar-refractivity contribution in [2.45, 2.75) is 33.2 Å². The van der Waals surface area contributed by atoms with E-state index < -0.39 is 16.8 Å². The Morgan fingerprint density at radius 1 is 1.12 bits per heavy atom. The van der Waals surface area contributed by atoms with Crippen molar-refractivity contribution in [2.75, 3.05) is 0 Å². The molecule has 4 aromatic rings. The van der Waals surface area contributed by atoms with Crippen molar-refractivity contribution >= 4 is 23.2 Å². The third-order valence-corrected chi connectivity index (χ3v) is 5.56. The molecular weight excluding hydrogens is 445 g/mol. The molecule has 0 aliphatic heterocycles. The highest BCUT2D eigenvalue weighted by atomic mass is 35.5. The quantitative estimate of drug-likeness (QED) is 0.446.